The minimum absolute atomic E-state index is 0.260. The smallest absolute Gasteiger partial charge is 0.274 e. The van der Waals surface area contributed by atoms with Crippen LogP contribution in [0.2, 0.25) is 0 Å². The Bertz CT molecular complexity index is 633. The van der Waals surface area contributed by atoms with Crippen molar-refractivity contribution in [2.24, 2.45) is 5.73 Å². The summed E-state index contributed by atoms with van der Waals surface area (Å²) in [7, 11) is 0. The molecule has 0 radical (unpaired) electrons. The zero-order chi connectivity index (χ0) is 15.2. The third-order valence-electron chi connectivity index (χ3n) is 3.56. The van der Waals surface area contributed by atoms with Gasteiger partial charge in [0.05, 0.1) is 6.04 Å². The number of aromatic nitrogens is 3. The van der Waals surface area contributed by atoms with Crippen molar-refractivity contribution < 1.29 is 0 Å². The fourth-order valence-electron chi connectivity index (χ4n) is 2.12. The van der Waals surface area contributed by atoms with E-state index in [9.17, 15) is 4.79 Å². The molecule has 1 atom stereocenters. The Labute approximate surface area is 124 Å². The zero-order valence-electron chi connectivity index (χ0n) is 12.6. The highest BCUT2D eigenvalue weighted by Crippen LogP contribution is 2.15. The maximum atomic E-state index is 12.0. The van der Waals surface area contributed by atoms with Crippen LogP contribution in [0, 0.1) is 0 Å². The van der Waals surface area contributed by atoms with E-state index in [0.29, 0.717) is 17.9 Å². The Morgan fingerprint density at radius 3 is 2.48 bits per heavy atom. The summed E-state index contributed by atoms with van der Waals surface area (Å²) in [6.45, 7) is 4.09. The van der Waals surface area contributed by atoms with Crippen LogP contribution in [-0.2, 0) is 6.42 Å². The first kappa shape index (κ1) is 15.4. The molecular weight excluding hydrogens is 264 g/mol. The Hall–Kier alpha value is -2.01. The standard InChI is InChI=1S/C16H22N4O/c1-3-5-6-11-7-9-12(10-8-11)15-18-16(21)14(19-20-15)13(17)4-2/h7-10,13H,3-6,17H2,1-2H3,(H,18,20,21). The van der Waals surface area contributed by atoms with Crippen LogP contribution in [0.1, 0.15) is 50.4 Å². The van der Waals surface area contributed by atoms with Crippen molar-refractivity contribution in [2.75, 3.05) is 0 Å². The molecule has 112 valence electrons. The van der Waals surface area contributed by atoms with E-state index in [4.69, 9.17) is 5.73 Å². The summed E-state index contributed by atoms with van der Waals surface area (Å²) in [6, 6.07) is 7.69. The lowest BCUT2D eigenvalue weighted by Gasteiger charge is -2.07. The number of nitrogens with zero attached hydrogens (tertiary/aromatic N) is 2. The molecule has 1 aromatic carbocycles. The van der Waals surface area contributed by atoms with E-state index in [1.165, 1.54) is 18.4 Å². The second-order valence-corrected chi connectivity index (χ2v) is 5.20. The van der Waals surface area contributed by atoms with Crippen LogP contribution in [-0.4, -0.2) is 15.2 Å². The van der Waals surface area contributed by atoms with Crippen LogP contribution in [0.15, 0.2) is 29.1 Å². The lowest BCUT2D eigenvalue weighted by atomic mass is 10.1. The number of hydrogen-bond donors (Lipinski definition) is 2. The van der Waals surface area contributed by atoms with Crippen molar-refractivity contribution in [2.45, 2.75) is 45.6 Å². The summed E-state index contributed by atoms with van der Waals surface area (Å²) in [5, 5.41) is 8.06. The van der Waals surface area contributed by atoms with Crippen molar-refractivity contribution >= 4 is 0 Å². The van der Waals surface area contributed by atoms with Gasteiger partial charge in [-0.1, -0.05) is 44.5 Å². The van der Waals surface area contributed by atoms with Gasteiger partial charge in [0.2, 0.25) is 0 Å². The molecular formula is C16H22N4O. The molecule has 0 bridgehead atoms. The summed E-state index contributed by atoms with van der Waals surface area (Å²) in [5.41, 5.74) is 8.01. The summed E-state index contributed by atoms with van der Waals surface area (Å²) in [4.78, 5) is 14.7. The molecule has 0 amide bonds. The molecule has 5 nitrogen and oxygen atoms in total. The third-order valence-corrected chi connectivity index (χ3v) is 3.56. The molecule has 0 aliphatic rings. The maximum absolute atomic E-state index is 12.0. The van der Waals surface area contributed by atoms with E-state index in [0.717, 1.165) is 12.0 Å². The first-order valence-electron chi connectivity index (χ1n) is 7.47. The second kappa shape index (κ2) is 7.13. The molecule has 0 fully saturated rings. The molecule has 2 aromatic rings. The normalized spacial score (nSPS) is 12.3. The number of unbranched alkanes of at least 4 members (excludes halogenated alkanes) is 1. The molecule has 0 aliphatic carbocycles. The van der Waals surface area contributed by atoms with Crippen molar-refractivity contribution in [3.63, 3.8) is 0 Å². The lowest BCUT2D eigenvalue weighted by molar-refractivity contribution is 0.645. The number of rotatable bonds is 6. The molecule has 1 heterocycles. The topological polar surface area (TPSA) is 84.7 Å². The molecule has 21 heavy (non-hydrogen) atoms. The van der Waals surface area contributed by atoms with Crippen LogP contribution in [0.4, 0.5) is 0 Å². The first-order chi connectivity index (χ1) is 10.2. The van der Waals surface area contributed by atoms with Gasteiger partial charge < -0.3 is 10.7 Å². The average Bonchev–Trinajstić information content (AvgIpc) is 2.52. The van der Waals surface area contributed by atoms with Gasteiger partial charge in [-0.25, -0.2) is 0 Å². The number of nitrogens with two attached hydrogens (primary N) is 1. The minimum atomic E-state index is -0.369. The van der Waals surface area contributed by atoms with Crippen molar-refractivity contribution in [3.05, 3.63) is 45.9 Å². The number of aromatic amines is 1. The first-order valence-corrected chi connectivity index (χ1v) is 7.47. The average molecular weight is 286 g/mol. The van der Waals surface area contributed by atoms with Crippen LogP contribution in [0.25, 0.3) is 11.4 Å². The van der Waals surface area contributed by atoms with Crippen molar-refractivity contribution in [3.8, 4) is 11.4 Å². The van der Waals surface area contributed by atoms with Gasteiger partial charge in [-0.15, -0.1) is 10.2 Å². The molecule has 0 aliphatic heterocycles. The second-order valence-electron chi connectivity index (χ2n) is 5.20. The number of benzene rings is 1. The van der Waals surface area contributed by atoms with Crippen molar-refractivity contribution in [1.82, 2.24) is 15.2 Å². The molecule has 0 spiro atoms. The predicted octanol–water partition coefficient (Wildman–Crippen LogP) is 2.58. The highest BCUT2D eigenvalue weighted by molar-refractivity contribution is 5.54. The summed E-state index contributed by atoms with van der Waals surface area (Å²) >= 11 is 0. The van der Waals surface area contributed by atoms with Gasteiger partial charge in [-0.05, 0) is 24.8 Å². The highest BCUT2D eigenvalue weighted by atomic mass is 16.1. The van der Waals surface area contributed by atoms with Gasteiger partial charge in [0.25, 0.3) is 5.56 Å². The van der Waals surface area contributed by atoms with Gasteiger partial charge in [0.1, 0.15) is 5.69 Å². The van der Waals surface area contributed by atoms with E-state index in [2.05, 4.69) is 34.2 Å². The summed E-state index contributed by atoms with van der Waals surface area (Å²) in [6.07, 6.45) is 4.09. The summed E-state index contributed by atoms with van der Waals surface area (Å²) < 4.78 is 0. The van der Waals surface area contributed by atoms with Crippen LogP contribution < -0.4 is 11.3 Å². The molecule has 1 aromatic heterocycles. The van der Waals surface area contributed by atoms with Crippen LogP contribution in [0.3, 0.4) is 0 Å². The van der Waals surface area contributed by atoms with Gasteiger partial charge in [-0.3, -0.25) is 4.79 Å². The zero-order valence-corrected chi connectivity index (χ0v) is 12.6. The van der Waals surface area contributed by atoms with Gasteiger partial charge in [0, 0.05) is 5.56 Å². The number of nitrogens with one attached hydrogen (secondary N) is 1. The maximum Gasteiger partial charge on any atom is 0.274 e. The minimum Gasteiger partial charge on any atom is -0.322 e. The highest BCUT2D eigenvalue weighted by Gasteiger charge is 2.12. The van der Waals surface area contributed by atoms with Gasteiger partial charge in [-0.2, -0.15) is 0 Å². The Balaban J connectivity index is 2.22. The quantitative estimate of drug-likeness (QED) is 0.854. The Morgan fingerprint density at radius 1 is 1.19 bits per heavy atom. The summed E-state index contributed by atoms with van der Waals surface area (Å²) in [5.74, 6) is 0.481. The fraction of sp³-hybridized carbons (Fsp3) is 0.438. The predicted molar refractivity (Wildman–Crippen MR) is 83.9 cm³/mol. The monoisotopic (exact) mass is 286 g/mol. The molecule has 3 N–H and O–H groups in total. The lowest BCUT2D eigenvalue weighted by Crippen LogP contribution is -2.24. The Kier molecular flexibility index (Phi) is 5.22. The van der Waals surface area contributed by atoms with E-state index >= 15 is 0 Å². The number of H-pyrrole nitrogens is 1. The fourth-order valence-corrected chi connectivity index (χ4v) is 2.12. The molecule has 0 saturated heterocycles. The van der Waals surface area contributed by atoms with E-state index < -0.39 is 0 Å². The largest absolute Gasteiger partial charge is 0.322 e. The molecule has 0 saturated carbocycles. The molecule has 5 heteroatoms. The van der Waals surface area contributed by atoms with Gasteiger partial charge in [0.15, 0.2) is 5.82 Å². The van der Waals surface area contributed by atoms with Crippen molar-refractivity contribution in [1.29, 1.82) is 0 Å². The van der Waals surface area contributed by atoms with E-state index in [-0.39, 0.29) is 11.6 Å². The number of hydrogen-bond acceptors (Lipinski definition) is 4. The van der Waals surface area contributed by atoms with E-state index in [1.54, 1.807) is 0 Å². The van der Waals surface area contributed by atoms with Crippen LogP contribution >= 0.6 is 0 Å². The molecule has 1 unspecified atom stereocenters. The number of aryl methyl sites for hydroxylation is 1. The SMILES string of the molecule is CCCCc1ccc(-c2nnc(C(N)CC)c(=O)[nH]2)cc1. The van der Waals surface area contributed by atoms with Crippen LogP contribution in [0.5, 0.6) is 0 Å². The third kappa shape index (κ3) is 3.76. The van der Waals surface area contributed by atoms with Gasteiger partial charge >= 0.3 is 0 Å². The van der Waals surface area contributed by atoms with E-state index in [1.807, 2.05) is 19.1 Å². The Morgan fingerprint density at radius 2 is 1.90 bits per heavy atom. The molecule has 2 rings (SSSR count).